The van der Waals surface area contributed by atoms with Crippen molar-refractivity contribution in [1.82, 2.24) is 5.32 Å². The van der Waals surface area contributed by atoms with Crippen LogP contribution in [0.3, 0.4) is 0 Å². The minimum atomic E-state index is -0.267. The van der Waals surface area contributed by atoms with Crippen LogP contribution in [0, 0.1) is 0 Å². The van der Waals surface area contributed by atoms with Gasteiger partial charge in [0.15, 0.2) is 0 Å². The highest BCUT2D eigenvalue weighted by atomic mass is 16.5. The van der Waals surface area contributed by atoms with Crippen molar-refractivity contribution in [3.63, 3.8) is 0 Å². The van der Waals surface area contributed by atoms with Crippen molar-refractivity contribution in [2.45, 2.75) is 64.0 Å². The summed E-state index contributed by atoms with van der Waals surface area (Å²) in [6.07, 6.45) is 6.03. The summed E-state index contributed by atoms with van der Waals surface area (Å²) in [6.45, 7) is 5.17. The van der Waals surface area contributed by atoms with E-state index in [4.69, 9.17) is 10.5 Å². The summed E-state index contributed by atoms with van der Waals surface area (Å²) < 4.78 is 5.36. The van der Waals surface area contributed by atoms with Crippen molar-refractivity contribution in [1.29, 1.82) is 0 Å². The van der Waals surface area contributed by atoms with Crippen molar-refractivity contribution >= 4 is 5.91 Å². The van der Waals surface area contributed by atoms with Gasteiger partial charge in [-0.2, -0.15) is 0 Å². The smallest absolute Gasteiger partial charge is 0.221 e. The van der Waals surface area contributed by atoms with E-state index >= 15 is 0 Å². The minimum Gasteiger partial charge on any atom is -0.377 e. The van der Waals surface area contributed by atoms with Gasteiger partial charge in [-0.25, -0.2) is 0 Å². The summed E-state index contributed by atoms with van der Waals surface area (Å²) in [5.41, 5.74) is 5.97. The normalized spacial score (nSPS) is 20.9. The Kier molecular flexibility index (Phi) is 5.92. The van der Waals surface area contributed by atoms with E-state index in [1.54, 1.807) is 0 Å². The van der Waals surface area contributed by atoms with Gasteiger partial charge in [0.2, 0.25) is 5.91 Å². The van der Waals surface area contributed by atoms with Crippen molar-refractivity contribution in [3.05, 3.63) is 0 Å². The molecule has 0 bridgehead atoms. The Morgan fingerprint density at radius 2 is 2.06 bits per heavy atom. The molecule has 1 aliphatic carbocycles. The minimum absolute atomic E-state index is 0.0564. The van der Waals surface area contributed by atoms with Gasteiger partial charge >= 0.3 is 0 Å². The molecule has 1 fully saturated rings. The molecule has 4 heteroatoms. The summed E-state index contributed by atoms with van der Waals surface area (Å²) in [5, 5.41) is 2.90. The number of nitrogens with one attached hydrogen (secondary N) is 1. The zero-order valence-corrected chi connectivity index (χ0v) is 11.1. The van der Waals surface area contributed by atoms with Gasteiger partial charge in [0.1, 0.15) is 0 Å². The third-order valence-corrected chi connectivity index (χ3v) is 3.40. The second-order valence-corrected chi connectivity index (χ2v) is 5.17. The second kappa shape index (κ2) is 6.97. The molecule has 1 rings (SSSR count). The fourth-order valence-electron chi connectivity index (χ4n) is 2.42. The van der Waals surface area contributed by atoms with Gasteiger partial charge in [-0.15, -0.1) is 0 Å². The number of amides is 1. The van der Waals surface area contributed by atoms with Crippen LogP contribution in [0.1, 0.15) is 52.4 Å². The molecule has 1 amide bonds. The van der Waals surface area contributed by atoms with E-state index in [-0.39, 0.29) is 17.6 Å². The van der Waals surface area contributed by atoms with Gasteiger partial charge in [-0.3, -0.25) is 4.79 Å². The van der Waals surface area contributed by atoms with Crippen LogP contribution < -0.4 is 11.1 Å². The number of rotatable bonds is 6. The molecule has 0 radical (unpaired) electrons. The predicted octanol–water partition coefficient (Wildman–Crippen LogP) is 1.58. The van der Waals surface area contributed by atoms with Crippen LogP contribution in [-0.2, 0) is 9.53 Å². The molecule has 1 atom stereocenters. The summed E-state index contributed by atoms with van der Waals surface area (Å²) in [6, 6.07) is 0. The number of ether oxygens (including phenoxy) is 1. The lowest BCUT2D eigenvalue weighted by molar-refractivity contribution is -0.123. The summed E-state index contributed by atoms with van der Waals surface area (Å²) in [5.74, 6) is 0.0564. The highest BCUT2D eigenvalue weighted by molar-refractivity contribution is 5.77. The highest BCUT2D eigenvalue weighted by Crippen LogP contribution is 2.28. The van der Waals surface area contributed by atoms with E-state index in [0.717, 1.165) is 25.7 Å². The van der Waals surface area contributed by atoms with E-state index in [2.05, 4.69) is 5.32 Å². The SMILES string of the molecule is CCOC(C)CNC(=O)CC1(N)CCCCC1. The fourth-order valence-corrected chi connectivity index (χ4v) is 2.42. The van der Waals surface area contributed by atoms with Crippen LogP contribution in [0.2, 0.25) is 0 Å². The van der Waals surface area contributed by atoms with Gasteiger partial charge in [-0.05, 0) is 26.7 Å². The van der Waals surface area contributed by atoms with E-state index in [0.29, 0.717) is 19.6 Å². The second-order valence-electron chi connectivity index (χ2n) is 5.17. The average Bonchev–Trinajstić information content (AvgIpc) is 2.27. The highest BCUT2D eigenvalue weighted by Gasteiger charge is 2.29. The molecule has 0 aromatic carbocycles. The standard InChI is InChI=1S/C13H26N2O2/c1-3-17-11(2)10-15-12(16)9-13(14)7-5-4-6-8-13/h11H,3-10,14H2,1-2H3,(H,15,16). The van der Waals surface area contributed by atoms with Crippen molar-refractivity contribution < 1.29 is 9.53 Å². The Morgan fingerprint density at radius 1 is 1.41 bits per heavy atom. The van der Waals surface area contributed by atoms with Gasteiger partial charge in [-0.1, -0.05) is 19.3 Å². The average molecular weight is 242 g/mol. The molecule has 0 aromatic heterocycles. The van der Waals surface area contributed by atoms with E-state index in [9.17, 15) is 4.79 Å². The zero-order chi connectivity index (χ0) is 12.7. The number of hydrogen-bond acceptors (Lipinski definition) is 3. The first-order valence-electron chi connectivity index (χ1n) is 6.73. The first-order chi connectivity index (χ1) is 8.06. The van der Waals surface area contributed by atoms with Crippen LogP contribution in [0.25, 0.3) is 0 Å². The maximum Gasteiger partial charge on any atom is 0.221 e. The monoisotopic (exact) mass is 242 g/mol. The lowest BCUT2D eigenvalue weighted by atomic mass is 9.80. The Hall–Kier alpha value is -0.610. The molecular weight excluding hydrogens is 216 g/mol. The molecule has 1 saturated carbocycles. The van der Waals surface area contributed by atoms with Crippen LogP contribution in [0.15, 0.2) is 0 Å². The van der Waals surface area contributed by atoms with E-state index in [1.165, 1.54) is 6.42 Å². The molecule has 1 aliphatic rings. The van der Waals surface area contributed by atoms with Gasteiger partial charge in [0.05, 0.1) is 6.10 Å². The fraction of sp³-hybridized carbons (Fsp3) is 0.923. The topological polar surface area (TPSA) is 64.3 Å². The van der Waals surface area contributed by atoms with E-state index < -0.39 is 0 Å². The maximum atomic E-state index is 11.8. The summed E-state index contributed by atoms with van der Waals surface area (Å²) in [7, 11) is 0. The third kappa shape index (κ3) is 5.50. The summed E-state index contributed by atoms with van der Waals surface area (Å²) >= 11 is 0. The maximum absolute atomic E-state index is 11.8. The molecule has 0 spiro atoms. The zero-order valence-electron chi connectivity index (χ0n) is 11.1. The van der Waals surface area contributed by atoms with Crippen LogP contribution in [-0.4, -0.2) is 30.7 Å². The van der Waals surface area contributed by atoms with Crippen molar-refractivity contribution in [2.75, 3.05) is 13.2 Å². The molecule has 0 aromatic rings. The van der Waals surface area contributed by atoms with Crippen LogP contribution >= 0.6 is 0 Å². The predicted molar refractivity (Wildman–Crippen MR) is 68.7 cm³/mol. The molecule has 100 valence electrons. The third-order valence-electron chi connectivity index (χ3n) is 3.40. The van der Waals surface area contributed by atoms with Crippen LogP contribution in [0.4, 0.5) is 0 Å². The van der Waals surface area contributed by atoms with Crippen LogP contribution in [0.5, 0.6) is 0 Å². The lowest BCUT2D eigenvalue weighted by Gasteiger charge is -2.32. The first kappa shape index (κ1) is 14.5. The number of nitrogens with two attached hydrogens (primary N) is 1. The molecule has 0 heterocycles. The van der Waals surface area contributed by atoms with Crippen molar-refractivity contribution in [2.24, 2.45) is 5.73 Å². The molecule has 0 aliphatic heterocycles. The number of carbonyl (C=O) groups is 1. The summed E-state index contributed by atoms with van der Waals surface area (Å²) in [4.78, 5) is 11.8. The number of carbonyl (C=O) groups excluding carboxylic acids is 1. The van der Waals surface area contributed by atoms with Gasteiger partial charge in [0, 0.05) is 25.1 Å². The molecule has 3 N–H and O–H groups in total. The molecule has 17 heavy (non-hydrogen) atoms. The Bertz CT molecular complexity index is 238. The van der Waals surface area contributed by atoms with Gasteiger partial charge in [0.25, 0.3) is 0 Å². The van der Waals surface area contributed by atoms with Gasteiger partial charge < -0.3 is 15.8 Å². The van der Waals surface area contributed by atoms with Crippen molar-refractivity contribution in [3.8, 4) is 0 Å². The molecule has 0 saturated heterocycles. The van der Waals surface area contributed by atoms with E-state index in [1.807, 2.05) is 13.8 Å². The first-order valence-corrected chi connectivity index (χ1v) is 6.73. The largest absolute Gasteiger partial charge is 0.377 e. The molecular formula is C13H26N2O2. The lowest BCUT2D eigenvalue weighted by Crippen LogP contribution is -2.46. The quantitative estimate of drug-likeness (QED) is 0.743. The Balaban J connectivity index is 2.24. The Morgan fingerprint density at radius 3 is 2.65 bits per heavy atom. The molecule has 4 nitrogen and oxygen atoms in total. The number of hydrogen-bond donors (Lipinski definition) is 2. The molecule has 1 unspecified atom stereocenters. The Labute approximate surface area is 104 Å².